The van der Waals surface area contributed by atoms with Gasteiger partial charge in [-0.1, -0.05) is 19.8 Å². The second-order valence-corrected chi connectivity index (χ2v) is 2.42. The molecular weight excluding hydrogens is 259 g/mol. The molecule has 0 bridgehead atoms. The molecule has 0 aromatic rings. The molecule has 0 spiro atoms. The van der Waals surface area contributed by atoms with Crippen LogP contribution in [0.3, 0.4) is 0 Å². The predicted octanol–water partition coefficient (Wildman–Crippen LogP) is 0.472. The van der Waals surface area contributed by atoms with Crippen LogP contribution in [0.2, 0.25) is 0 Å². The molecule has 4 heteroatoms. The third kappa shape index (κ3) is 10.0. The van der Waals surface area contributed by atoms with Crippen molar-refractivity contribution in [2.45, 2.75) is 39.5 Å². The Morgan fingerprint density at radius 3 is 2.25 bits per heavy atom. The van der Waals surface area contributed by atoms with Gasteiger partial charge in [0.2, 0.25) is 0 Å². The Kier molecular flexibility index (Phi) is 11.0. The zero-order chi connectivity index (χ0) is 8.69. The molecule has 0 radical (unpaired) electrons. The second kappa shape index (κ2) is 9.10. The molecule has 0 aliphatic heterocycles. The zero-order valence-corrected chi connectivity index (χ0v) is 7.05. The topological polar surface area (TPSA) is 43.4 Å². The molecule has 3 nitrogen and oxygen atoms in total. The maximum absolute atomic E-state index is 10.7. The molecule has 0 aromatic heterocycles. The summed E-state index contributed by atoms with van der Waals surface area (Å²) < 4.78 is 4.32. The van der Waals surface area contributed by atoms with Crippen molar-refractivity contribution >= 4 is 37.8 Å². The van der Waals surface area contributed by atoms with Crippen LogP contribution < -0.4 is 0 Å². The minimum atomic E-state index is -0.522. The summed E-state index contributed by atoms with van der Waals surface area (Å²) in [4.78, 5) is 20.9. The first kappa shape index (κ1) is 14.5. The number of ether oxygens (including phenoxy) is 1. The fourth-order valence-corrected chi connectivity index (χ4v) is 0.731. The SMILES string of the molecule is CCCCCC(=O)OC(C)=O.[InH3]. The van der Waals surface area contributed by atoms with Crippen molar-refractivity contribution in [3.63, 3.8) is 0 Å². The second-order valence-electron chi connectivity index (χ2n) is 2.42. The van der Waals surface area contributed by atoms with E-state index in [1.165, 1.54) is 6.92 Å². The van der Waals surface area contributed by atoms with Gasteiger partial charge in [-0.3, -0.25) is 9.59 Å². The van der Waals surface area contributed by atoms with E-state index in [2.05, 4.69) is 11.7 Å². The third-order valence-corrected chi connectivity index (χ3v) is 1.24. The molecule has 0 rings (SSSR count). The standard InChI is InChI=1S/C8H14O3.In.3H/c1-3-4-5-6-8(10)11-7(2)9;;;;/h3-6H2,1-2H3;;;;. The summed E-state index contributed by atoms with van der Waals surface area (Å²) in [6.07, 6.45) is 3.23. The summed E-state index contributed by atoms with van der Waals surface area (Å²) in [5.74, 6) is -0.933. The molecule has 0 aromatic carbocycles. The summed E-state index contributed by atoms with van der Waals surface area (Å²) in [7, 11) is 0. The molecule has 0 aliphatic rings. The van der Waals surface area contributed by atoms with Crippen LogP contribution in [0.5, 0.6) is 0 Å². The Morgan fingerprint density at radius 2 is 1.83 bits per heavy atom. The molecule has 0 saturated carbocycles. The van der Waals surface area contributed by atoms with Gasteiger partial charge in [0.1, 0.15) is 0 Å². The normalized spacial score (nSPS) is 8.50. The Labute approximate surface area is 91.6 Å². The number of carbonyl (C=O) groups excluding carboxylic acids is 2. The number of hydrogen-bond donors (Lipinski definition) is 0. The average Bonchev–Trinajstić information content (AvgIpc) is 1.86. The summed E-state index contributed by atoms with van der Waals surface area (Å²) >= 11 is 0. The van der Waals surface area contributed by atoms with Gasteiger partial charge in [-0.15, -0.1) is 0 Å². The first-order chi connectivity index (χ1) is 5.16. The summed E-state index contributed by atoms with van der Waals surface area (Å²) in [6, 6.07) is 0. The summed E-state index contributed by atoms with van der Waals surface area (Å²) in [5, 5.41) is 0. The molecule has 0 N–H and O–H groups in total. The monoisotopic (exact) mass is 276 g/mol. The van der Waals surface area contributed by atoms with Crippen LogP contribution in [-0.4, -0.2) is 37.8 Å². The van der Waals surface area contributed by atoms with Crippen molar-refractivity contribution in [2.75, 3.05) is 0 Å². The molecule has 0 fully saturated rings. The van der Waals surface area contributed by atoms with Gasteiger partial charge in [-0.25, -0.2) is 0 Å². The van der Waals surface area contributed by atoms with E-state index >= 15 is 0 Å². The minimum absolute atomic E-state index is 0. The number of carbonyl (C=O) groups is 2. The van der Waals surface area contributed by atoms with Gasteiger partial charge in [0.15, 0.2) is 0 Å². The van der Waals surface area contributed by atoms with Crippen molar-refractivity contribution < 1.29 is 14.3 Å². The number of unbranched alkanes of at least 4 members (excludes halogenated alkanes) is 2. The summed E-state index contributed by atoms with van der Waals surface area (Å²) in [6.45, 7) is 3.29. The molecule has 0 aliphatic carbocycles. The fraction of sp³-hybridized carbons (Fsp3) is 0.750. The first-order valence-corrected chi connectivity index (χ1v) is 3.88. The van der Waals surface area contributed by atoms with Crippen molar-refractivity contribution in [3.05, 3.63) is 0 Å². The Hall–Kier alpha value is 0.0101. The van der Waals surface area contributed by atoms with Crippen LogP contribution in [0.4, 0.5) is 0 Å². The van der Waals surface area contributed by atoms with E-state index in [1.807, 2.05) is 0 Å². The van der Waals surface area contributed by atoms with E-state index in [1.54, 1.807) is 0 Å². The Morgan fingerprint density at radius 1 is 1.25 bits per heavy atom. The zero-order valence-electron chi connectivity index (χ0n) is 7.05. The predicted molar refractivity (Wildman–Crippen MR) is 50.9 cm³/mol. The maximum atomic E-state index is 10.7. The van der Waals surface area contributed by atoms with Gasteiger partial charge in [0.05, 0.1) is 0 Å². The van der Waals surface area contributed by atoms with E-state index in [0.29, 0.717) is 6.42 Å². The van der Waals surface area contributed by atoms with Gasteiger partial charge in [-0.2, -0.15) is 0 Å². The molecule has 0 heterocycles. The van der Waals surface area contributed by atoms with E-state index < -0.39 is 11.9 Å². The first-order valence-electron chi connectivity index (χ1n) is 3.88. The quantitative estimate of drug-likeness (QED) is 0.426. The molecule has 0 unspecified atom stereocenters. The fourth-order valence-electron chi connectivity index (χ4n) is 0.731. The summed E-state index contributed by atoms with van der Waals surface area (Å²) in [5.41, 5.74) is 0. The van der Waals surface area contributed by atoms with Crippen LogP contribution in [-0.2, 0) is 14.3 Å². The van der Waals surface area contributed by atoms with E-state index in [0.717, 1.165) is 19.3 Å². The molecule has 0 atom stereocenters. The number of hydrogen-bond acceptors (Lipinski definition) is 3. The van der Waals surface area contributed by atoms with Crippen LogP contribution in [0.25, 0.3) is 0 Å². The molecule has 12 heavy (non-hydrogen) atoms. The molecular formula is C8H17InO3. The average molecular weight is 276 g/mol. The third-order valence-electron chi connectivity index (χ3n) is 1.24. The van der Waals surface area contributed by atoms with Crippen molar-refractivity contribution in [3.8, 4) is 0 Å². The van der Waals surface area contributed by atoms with Gasteiger partial charge in [0, 0.05) is 13.3 Å². The molecule has 0 amide bonds. The van der Waals surface area contributed by atoms with Crippen LogP contribution in [0.15, 0.2) is 0 Å². The van der Waals surface area contributed by atoms with E-state index in [4.69, 9.17) is 0 Å². The van der Waals surface area contributed by atoms with E-state index in [-0.39, 0.29) is 25.8 Å². The van der Waals surface area contributed by atoms with Gasteiger partial charge in [-0.05, 0) is 6.42 Å². The van der Waals surface area contributed by atoms with Gasteiger partial charge >= 0.3 is 37.8 Å². The molecule has 0 saturated heterocycles. The number of esters is 2. The van der Waals surface area contributed by atoms with Crippen molar-refractivity contribution in [1.29, 1.82) is 0 Å². The van der Waals surface area contributed by atoms with Crippen molar-refractivity contribution in [1.82, 2.24) is 0 Å². The van der Waals surface area contributed by atoms with Gasteiger partial charge in [0.25, 0.3) is 0 Å². The Balaban J connectivity index is 0. The molecule has 70 valence electrons. The van der Waals surface area contributed by atoms with Crippen LogP contribution in [0.1, 0.15) is 39.5 Å². The van der Waals surface area contributed by atoms with E-state index in [9.17, 15) is 9.59 Å². The van der Waals surface area contributed by atoms with Crippen LogP contribution >= 0.6 is 0 Å². The van der Waals surface area contributed by atoms with Crippen molar-refractivity contribution in [2.24, 2.45) is 0 Å². The van der Waals surface area contributed by atoms with Gasteiger partial charge < -0.3 is 4.74 Å². The number of rotatable bonds is 4. The van der Waals surface area contributed by atoms with Crippen LogP contribution in [0, 0.1) is 0 Å². The Bertz CT molecular complexity index is 145.